The van der Waals surface area contributed by atoms with E-state index in [1.54, 1.807) is 0 Å². The number of hydrogen-bond donors (Lipinski definition) is 1. The van der Waals surface area contributed by atoms with Crippen LogP contribution in [0.3, 0.4) is 0 Å². The van der Waals surface area contributed by atoms with E-state index in [0.29, 0.717) is 6.79 Å². The molecule has 2 aliphatic rings. The van der Waals surface area contributed by atoms with Gasteiger partial charge in [0.25, 0.3) is 0 Å². The maximum absolute atomic E-state index is 6.38. The van der Waals surface area contributed by atoms with Gasteiger partial charge in [0.15, 0.2) is 11.5 Å². The lowest BCUT2D eigenvalue weighted by Crippen LogP contribution is -2.46. The topological polar surface area (TPSA) is 53.7 Å². The summed E-state index contributed by atoms with van der Waals surface area (Å²) in [7, 11) is 0. The second-order valence-corrected chi connectivity index (χ2v) is 4.84. The Kier molecular flexibility index (Phi) is 2.68. The van der Waals surface area contributed by atoms with Crippen LogP contribution in [0.15, 0.2) is 18.2 Å². The van der Waals surface area contributed by atoms with Crippen LogP contribution in [-0.4, -0.2) is 25.5 Å². The zero-order valence-corrected chi connectivity index (χ0v) is 9.78. The van der Waals surface area contributed by atoms with Crippen LogP contribution in [0.2, 0.25) is 0 Å². The van der Waals surface area contributed by atoms with Gasteiger partial charge in [-0.25, -0.2) is 0 Å². The van der Waals surface area contributed by atoms with Gasteiger partial charge in [-0.2, -0.15) is 0 Å². The summed E-state index contributed by atoms with van der Waals surface area (Å²) < 4.78 is 16.0. The Bertz CT molecular complexity index is 413. The Hall–Kier alpha value is -1.26. The summed E-state index contributed by atoms with van der Waals surface area (Å²) in [5.41, 5.74) is 7.46. The lowest BCUT2D eigenvalue weighted by atomic mass is 9.85. The molecular weight excluding hydrogens is 218 g/mol. The predicted octanol–water partition coefficient (Wildman–Crippen LogP) is 1.47. The Labute approximate surface area is 101 Å². The smallest absolute Gasteiger partial charge is 0.231 e. The summed E-state index contributed by atoms with van der Waals surface area (Å²) in [6, 6.07) is 6.06. The Morgan fingerprint density at radius 3 is 2.71 bits per heavy atom. The molecule has 1 aromatic rings. The van der Waals surface area contributed by atoms with Gasteiger partial charge >= 0.3 is 0 Å². The van der Waals surface area contributed by atoms with Gasteiger partial charge in [0, 0.05) is 18.8 Å². The molecule has 0 aromatic heterocycles. The summed E-state index contributed by atoms with van der Waals surface area (Å²) in [5, 5.41) is 0. The number of hydrogen-bond acceptors (Lipinski definition) is 4. The maximum atomic E-state index is 6.38. The van der Waals surface area contributed by atoms with Crippen LogP contribution in [-0.2, 0) is 11.2 Å². The first-order valence-corrected chi connectivity index (χ1v) is 6.00. The SMILES string of the molecule is NC1(Cc2ccc3c(c2)OCO3)CCOCC1. The van der Waals surface area contributed by atoms with Crippen molar-refractivity contribution < 1.29 is 14.2 Å². The summed E-state index contributed by atoms with van der Waals surface area (Å²) >= 11 is 0. The monoisotopic (exact) mass is 235 g/mol. The molecule has 0 aliphatic carbocycles. The molecule has 1 fully saturated rings. The van der Waals surface area contributed by atoms with E-state index in [0.717, 1.165) is 44.0 Å². The Morgan fingerprint density at radius 1 is 1.12 bits per heavy atom. The van der Waals surface area contributed by atoms with Gasteiger partial charge in [0.05, 0.1) is 0 Å². The van der Waals surface area contributed by atoms with E-state index in [-0.39, 0.29) is 5.54 Å². The van der Waals surface area contributed by atoms with Crippen LogP contribution >= 0.6 is 0 Å². The van der Waals surface area contributed by atoms with E-state index in [2.05, 4.69) is 6.07 Å². The molecule has 2 N–H and O–H groups in total. The van der Waals surface area contributed by atoms with Crippen LogP contribution in [0.5, 0.6) is 11.5 Å². The van der Waals surface area contributed by atoms with Gasteiger partial charge in [-0.15, -0.1) is 0 Å². The molecule has 0 radical (unpaired) electrons. The quantitative estimate of drug-likeness (QED) is 0.843. The summed E-state index contributed by atoms with van der Waals surface area (Å²) in [6.07, 6.45) is 2.70. The average molecular weight is 235 g/mol. The van der Waals surface area contributed by atoms with E-state index >= 15 is 0 Å². The molecule has 4 nitrogen and oxygen atoms in total. The molecule has 1 aromatic carbocycles. The van der Waals surface area contributed by atoms with E-state index in [9.17, 15) is 0 Å². The van der Waals surface area contributed by atoms with Crippen LogP contribution in [0, 0.1) is 0 Å². The fourth-order valence-electron chi connectivity index (χ4n) is 2.41. The highest BCUT2D eigenvalue weighted by Gasteiger charge is 2.28. The number of nitrogens with two attached hydrogens (primary N) is 1. The van der Waals surface area contributed by atoms with Gasteiger partial charge in [0.1, 0.15) is 0 Å². The third-order valence-electron chi connectivity index (χ3n) is 3.48. The fraction of sp³-hybridized carbons (Fsp3) is 0.538. The van der Waals surface area contributed by atoms with Crippen molar-refractivity contribution in [2.24, 2.45) is 5.73 Å². The van der Waals surface area contributed by atoms with Gasteiger partial charge < -0.3 is 19.9 Å². The molecule has 2 aliphatic heterocycles. The molecule has 1 saturated heterocycles. The van der Waals surface area contributed by atoms with E-state index in [1.165, 1.54) is 5.56 Å². The van der Waals surface area contributed by atoms with Crippen LogP contribution in [0.1, 0.15) is 18.4 Å². The van der Waals surface area contributed by atoms with Crippen molar-refractivity contribution in [2.75, 3.05) is 20.0 Å². The molecule has 0 unspecified atom stereocenters. The van der Waals surface area contributed by atoms with Gasteiger partial charge in [-0.3, -0.25) is 0 Å². The molecule has 0 atom stereocenters. The van der Waals surface area contributed by atoms with E-state index < -0.39 is 0 Å². The fourth-order valence-corrected chi connectivity index (χ4v) is 2.41. The standard InChI is InChI=1S/C13H17NO3/c14-13(3-5-15-6-4-13)8-10-1-2-11-12(7-10)17-9-16-11/h1-2,7H,3-6,8-9,14H2. The average Bonchev–Trinajstić information content (AvgIpc) is 2.76. The minimum atomic E-state index is -0.133. The molecule has 0 bridgehead atoms. The van der Waals surface area contributed by atoms with Gasteiger partial charge in [0.2, 0.25) is 6.79 Å². The number of benzene rings is 1. The van der Waals surface area contributed by atoms with Gasteiger partial charge in [-0.05, 0) is 37.0 Å². The Balaban J connectivity index is 1.76. The highest BCUT2D eigenvalue weighted by atomic mass is 16.7. The Morgan fingerprint density at radius 2 is 1.88 bits per heavy atom. The van der Waals surface area contributed by atoms with E-state index in [1.807, 2.05) is 12.1 Å². The van der Waals surface area contributed by atoms with Crippen molar-refractivity contribution in [3.63, 3.8) is 0 Å². The lowest BCUT2D eigenvalue weighted by Gasteiger charge is -2.33. The summed E-state index contributed by atoms with van der Waals surface area (Å²) in [4.78, 5) is 0. The van der Waals surface area contributed by atoms with Gasteiger partial charge in [-0.1, -0.05) is 6.07 Å². The predicted molar refractivity (Wildman–Crippen MR) is 63.2 cm³/mol. The molecule has 0 amide bonds. The normalized spacial score (nSPS) is 21.5. The van der Waals surface area contributed by atoms with Crippen molar-refractivity contribution in [3.8, 4) is 11.5 Å². The molecular formula is C13H17NO3. The van der Waals surface area contributed by atoms with Crippen molar-refractivity contribution in [1.29, 1.82) is 0 Å². The van der Waals surface area contributed by atoms with Crippen molar-refractivity contribution in [1.82, 2.24) is 0 Å². The molecule has 0 spiro atoms. The third-order valence-corrected chi connectivity index (χ3v) is 3.48. The molecule has 92 valence electrons. The van der Waals surface area contributed by atoms with Crippen molar-refractivity contribution >= 4 is 0 Å². The number of rotatable bonds is 2. The minimum Gasteiger partial charge on any atom is -0.454 e. The largest absolute Gasteiger partial charge is 0.454 e. The molecule has 0 saturated carbocycles. The maximum Gasteiger partial charge on any atom is 0.231 e. The number of fused-ring (bicyclic) bond motifs is 1. The van der Waals surface area contributed by atoms with Crippen molar-refractivity contribution in [3.05, 3.63) is 23.8 Å². The van der Waals surface area contributed by atoms with Crippen LogP contribution < -0.4 is 15.2 Å². The highest BCUT2D eigenvalue weighted by Crippen LogP contribution is 2.34. The third kappa shape index (κ3) is 2.23. The molecule has 2 heterocycles. The van der Waals surface area contributed by atoms with Crippen molar-refractivity contribution in [2.45, 2.75) is 24.8 Å². The molecule has 17 heavy (non-hydrogen) atoms. The van der Waals surface area contributed by atoms with Crippen LogP contribution in [0.4, 0.5) is 0 Å². The summed E-state index contributed by atoms with van der Waals surface area (Å²) in [6.45, 7) is 1.85. The minimum absolute atomic E-state index is 0.133. The summed E-state index contributed by atoms with van der Waals surface area (Å²) in [5.74, 6) is 1.66. The number of ether oxygens (including phenoxy) is 3. The first kappa shape index (κ1) is 10.9. The first-order chi connectivity index (χ1) is 8.25. The zero-order chi connectivity index (χ0) is 11.7. The highest BCUT2D eigenvalue weighted by molar-refractivity contribution is 5.44. The second kappa shape index (κ2) is 4.20. The molecule has 3 rings (SSSR count). The second-order valence-electron chi connectivity index (χ2n) is 4.84. The molecule has 4 heteroatoms. The van der Waals surface area contributed by atoms with E-state index in [4.69, 9.17) is 19.9 Å². The van der Waals surface area contributed by atoms with Crippen LogP contribution in [0.25, 0.3) is 0 Å². The zero-order valence-electron chi connectivity index (χ0n) is 9.78. The first-order valence-electron chi connectivity index (χ1n) is 6.00. The lowest BCUT2D eigenvalue weighted by molar-refractivity contribution is 0.0533.